The molecule has 82 valence electrons. The van der Waals surface area contributed by atoms with Crippen LogP contribution in [0, 0.1) is 6.92 Å². The van der Waals surface area contributed by atoms with Crippen LogP contribution in [-0.4, -0.2) is 21.2 Å². The number of aromatic nitrogens is 3. The molecule has 2 amide bonds. The summed E-state index contributed by atoms with van der Waals surface area (Å²) in [7, 11) is 0. The molecule has 2 heterocycles. The molecule has 0 atom stereocenters. The van der Waals surface area contributed by atoms with Gasteiger partial charge in [-0.2, -0.15) is 5.10 Å². The van der Waals surface area contributed by atoms with Crippen molar-refractivity contribution in [3.63, 3.8) is 0 Å². The highest BCUT2D eigenvalue weighted by molar-refractivity contribution is 5.99. The predicted octanol–water partition coefficient (Wildman–Crippen LogP) is 1.76. The average Bonchev–Trinajstić information content (AvgIpc) is 2.66. The van der Waals surface area contributed by atoms with Gasteiger partial charge in [-0.25, -0.2) is 4.79 Å². The van der Waals surface area contributed by atoms with Crippen molar-refractivity contribution >= 4 is 17.5 Å². The van der Waals surface area contributed by atoms with Gasteiger partial charge in [0.15, 0.2) is 0 Å². The van der Waals surface area contributed by atoms with Crippen molar-refractivity contribution in [2.24, 2.45) is 0 Å². The summed E-state index contributed by atoms with van der Waals surface area (Å²) in [6.07, 6.45) is 4.85. The number of carbonyl (C=O) groups excluding carboxylic acids is 1. The van der Waals surface area contributed by atoms with Crippen LogP contribution >= 0.6 is 0 Å². The maximum Gasteiger partial charge on any atom is 0.324 e. The van der Waals surface area contributed by atoms with Gasteiger partial charge in [0.05, 0.1) is 18.1 Å². The molecule has 2 aromatic rings. The van der Waals surface area contributed by atoms with Gasteiger partial charge in [0.2, 0.25) is 0 Å². The molecule has 0 aliphatic heterocycles. The Bertz CT molecular complexity index is 479. The highest BCUT2D eigenvalue weighted by Crippen LogP contribution is 2.09. The van der Waals surface area contributed by atoms with Crippen LogP contribution in [0.3, 0.4) is 0 Å². The maximum atomic E-state index is 11.5. The van der Waals surface area contributed by atoms with Gasteiger partial charge < -0.3 is 5.32 Å². The number of pyridine rings is 1. The normalized spacial score (nSPS) is 9.81. The number of H-pyrrole nitrogens is 1. The van der Waals surface area contributed by atoms with Gasteiger partial charge in [0.25, 0.3) is 0 Å². The molecule has 2 aromatic heterocycles. The van der Waals surface area contributed by atoms with Crippen LogP contribution in [-0.2, 0) is 0 Å². The molecule has 0 bridgehead atoms. The second-order valence-corrected chi connectivity index (χ2v) is 3.25. The Balaban J connectivity index is 1.98. The number of nitrogens with one attached hydrogen (secondary N) is 3. The van der Waals surface area contributed by atoms with Crippen LogP contribution in [0.1, 0.15) is 5.56 Å². The zero-order valence-corrected chi connectivity index (χ0v) is 8.69. The van der Waals surface area contributed by atoms with E-state index in [0.717, 1.165) is 5.56 Å². The van der Waals surface area contributed by atoms with E-state index in [1.165, 1.54) is 0 Å². The topological polar surface area (TPSA) is 82.7 Å². The van der Waals surface area contributed by atoms with Crippen molar-refractivity contribution in [1.82, 2.24) is 15.2 Å². The van der Waals surface area contributed by atoms with Crippen molar-refractivity contribution in [3.8, 4) is 0 Å². The largest absolute Gasteiger partial charge is 0.324 e. The van der Waals surface area contributed by atoms with E-state index in [0.29, 0.717) is 11.5 Å². The highest BCUT2D eigenvalue weighted by Gasteiger charge is 2.05. The summed E-state index contributed by atoms with van der Waals surface area (Å²) < 4.78 is 0. The number of aromatic amines is 1. The average molecular weight is 217 g/mol. The molecule has 6 heteroatoms. The Hall–Kier alpha value is -2.37. The van der Waals surface area contributed by atoms with E-state index >= 15 is 0 Å². The first-order valence-corrected chi connectivity index (χ1v) is 4.74. The number of carbonyl (C=O) groups is 1. The van der Waals surface area contributed by atoms with Gasteiger partial charge in [0, 0.05) is 11.8 Å². The van der Waals surface area contributed by atoms with E-state index < -0.39 is 0 Å². The van der Waals surface area contributed by atoms with E-state index in [9.17, 15) is 4.79 Å². The minimum atomic E-state index is -0.333. The molecule has 0 fully saturated rings. The fourth-order valence-corrected chi connectivity index (χ4v) is 1.19. The molecule has 0 saturated carbocycles. The van der Waals surface area contributed by atoms with Gasteiger partial charge in [0.1, 0.15) is 5.82 Å². The van der Waals surface area contributed by atoms with Crippen LogP contribution in [0.5, 0.6) is 0 Å². The molecule has 0 aromatic carbocycles. The van der Waals surface area contributed by atoms with Crippen LogP contribution in [0.25, 0.3) is 0 Å². The summed E-state index contributed by atoms with van der Waals surface area (Å²) in [4.78, 5) is 15.4. The first-order valence-electron chi connectivity index (χ1n) is 4.74. The number of urea groups is 1. The highest BCUT2D eigenvalue weighted by atomic mass is 16.2. The van der Waals surface area contributed by atoms with E-state index in [4.69, 9.17) is 0 Å². The lowest BCUT2D eigenvalue weighted by Gasteiger charge is -2.05. The summed E-state index contributed by atoms with van der Waals surface area (Å²) in [6.45, 7) is 1.85. The molecule has 0 radical (unpaired) electrons. The third kappa shape index (κ3) is 2.35. The van der Waals surface area contributed by atoms with Crippen molar-refractivity contribution in [2.45, 2.75) is 6.92 Å². The Morgan fingerprint density at radius 3 is 2.88 bits per heavy atom. The Kier molecular flexibility index (Phi) is 2.81. The van der Waals surface area contributed by atoms with Crippen LogP contribution in [0.15, 0.2) is 30.7 Å². The molecule has 2 rings (SSSR count). The molecular formula is C10H11N5O. The van der Waals surface area contributed by atoms with Crippen LogP contribution < -0.4 is 10.6 Å². The van der Waals surface area contributed by atoms with E-state index in [1.807, 2.05) is 6.92 Å². The molecule has 3 N–H and O–H groups in total. The smallest absolute Gasteiger partial charge is 0.306 e. The number of amides is 2. The van der Waals surface area contributed by atoms with Crippen molar-refractivity contribution in [1.29, 1.82) is 0 Å². The Morgan fingerprint density at radius 1 is 1.38 bits per heavy atom. The molecular weight excluding hydrogens is 206 g/mol. The minimum Gasteiger partial charge on any atom is -0.306 e. The second-order valence-electron chi connectivity index (χ2n) is 3.25. The summed E-state index contributed by atoms with van der Waals surface area (Å²) in [5, 5.41) is 11.8. The number of nitrogens with zero attached hydrogens (tertiary/aromatic N) is 2. The first kappa shape index (κ1) is 10.2. The van der Waals surface area contributed by atoms with E-state index in [-0.39, 0.29) is 6.03 Å². The van der Waals surface area contributed by atoms with E-state index in [2.05, 4.69) is 25.8 Å². The Morgan fingerprint density at radius 2 is 2.25 bits per heavy atom. The summed E-state index contributed by atoms with van der Waals surface area (Å²) in [5.41, 5.74) is 1.51. The van der Waals surface area contributed by atoms with Crippen LogP contribution in [0.4, 0.5) is 16.3 Å². The number of hydrogen-bond donors (Lipinski definition) is 3. The summed E-state index contributed by atoms with van der Waals surface area (Å²) in [5.74, 6) is 0.585. The summed E-state index contributed by atoms with van der Waals surface area (Å²) in [6, 6.07) is 3.17. The van der Waals surface area contributed by atoms with Crippen molar-refractivity contribution in [3.05, 3.63) is 36.3 Å². The van der Waals surface area contributed by atoms with Gasteiger partial charge in [-0.15, -0.1) is 0 Å². The molecule has 6 nitrogen and oxygen atoms in total. The molecule has 0 aliphatic carbocycles. The maximum absolute atomic E-state index is 11.5. The molecule has 0 unspecified atom stereocenters. The van der Waals surface area contributed by atoms with Gasteiger partial charge in [-0.05, 0) is 19.1 Å². The third-order valence-electron chi connectivity index (χ3n) is 1.99. The number of aryl methyl sites for hydroxylation is 1. The standard InChI is InChI=1S/C10H11N5O/c1-7-5-12-15-9(7)14-10(16)13-8-3-2-4-11-6-8/h2-6H,1H3,(H3,12,13,14,15,16). The van der Waals surface area contributed by atoms with Crippen molar-refractivity contribution < 1.29 is 4.79 Å². The lowest BCUT2D eigenvalue weighted by atomic mass is 10.4. The lowest BCUT2D eigenvalue weighted by Crippen LogP contribution is -2.20. The minimum absolute atomic E-state index is 0.333. The zero-order chi connectivity index (χ0) is 11.4. The SMILES string of the molecule is Cc1cn[nH]c1NC(=O)Nc1cccnc1. The monoisotopic (exact) mass is 217 g/mol. The number of hydrogen-bond acceptors (Lipinski definition) is 3. The number of anilines is 2. The summed E-state index contributed by atoms with van der Waals surface area (Å²) >= 11 is 0. The van der Waals surface area contributed by atoms with E-state index in [1.54, 1.807) is 30.7 Å². The number of rotatable bonds is 2. The third-order valence-corrected chi connectivity index (χ3v) is 1.99. The zero-order valence-electron chi connectivity index (χ0n) is 8.69. The van der Waals surface area contributed by atoms with Gasteiger partial charge in [-0.3, -0.25) is 15.4 Å². The van der Waals surface area contributed by atoms with Gasteiger partial charge >= 0.3 is 6.03 Å². The molecule has 0 spiro atoms. The first-order chi connectivity index (χ1) is 7.75. The van der Waals surface area contributed by atoms with Crippen LogP contribution in [0.2, 0.25) is 0 Å². The fraction of sp³-hybridized carbons (Fsp3) is 0.100. The molecule has 0 aliphatic rings. The molecule has 16 heavy (non-hydrogen) atoms. The van der Waals surface area contributed by atoms with Crippen molar-refractivity contribution in [2.75, 3.05) is 10.6 Å². The quantitative estimate of drug-likeness (QED) is 0.716. The molecule has 0 saturated heterocycles. The predicted molar refractivity (Wildman–Crippen MR) is 60.2 cm³/mol. The Labute approximate surface area is 92.1 Å². The van der Waals surface area contributed by atoms with Gasteiger partial charge in [-0.1, -0.05) is 0 Å². The fourth-order valence-electron chi connectivity index (χ4n) is 1.19. The second kappa shape index (κ2) is 4.43. The lowest BCUT2D eigenvalue weighted by molar-refractivity contribution is 0.262.